The number of amides is 1. The smallest absolute Gasteiger partial charge is 0.331 e. The van der Waals surface area contributed by atoms with Crippen LogP contribution in [0.4, 0.5) is 0 Å². The van der Waals surface area contributed by atoms with Crippen LogP contribution in [0.15, 0.2) is 0 Å². The van der Waals surface area contributed by atoms with Gasteiger partial charge in [-0.25, -0.2) is 9.48 Å². The molecule has 0 aliphatic heterocycles. The summed E-state index contributed by atoms with van der Waals surface area (Å²) in [6, 6.07) is -1.09. The van der Waals surface area contributed by atoms with Gasteiger partial charge in [0.15, 0.2) is 6.04 Å². The maximum atomic E-state index is 11.8. The van der Waals surface area contributed by atoms with E-state index in [0.717, 1.165) is 0 Å². The van der Waals surface area contributed by atoms with E-state index < -0.39 is 12.0 Å². The maximum absolute atomic E-state index is 11.8. The number of carbonyl (C=O) groups is 2. The van der Waals surface area contributed by atoms with Gasteiger partial charge >= 0.3 is 5.97 Å². The van der Waals surface area contributed by atoms with Crippen LogP contribution in [0.1, 0.15) is 37.6 Å². The molecule has 0 aromatic carbocycles. The standard InChI is InChI=1S/C13H21N3O4/c1-6-7-16(9(3)17)11(13(18)19)10-8(2)14-15(4)12(10)20-5/h11H,6-7H2,1-5H3,(H,18,19). The normalized spacial score (nSPS) is 12.1. The van der Waals surface area contributed by atoms with E-state index in [1.54, 1.807) is 14.0 Å². The summed E-state index contributed by atoms with van der Waals surface area (Å²) in [7, 11) is 3.13. The number of ether oxygens (including phenoxy) is 1. The first-order valence-corrected chi connectivity index (χ1v) is 6.42. The first kappa shape index (κ1) is 16.0. The molecule has 0 saturated heterocycles. The Labute approximate surface area is 118 Å². The summed E-state index contributed by atoms with van der Waals surface area (Å²) in [5.41, 5.74) is 0.963. The minimum absolute atomic E-state index is 0.287. The number of carbonyl (C=O) groups excluding carboxylic acids is 1. The lowest BCUT2D eigenvalue weighted by molar-refractivity contribution is -0.150. The number of aliphatic carboxylic acids is 1. The predicted octanol–water partition coefficient (Wildman–Crippen LogP) is 1.12. The SMILES string of the molecule is CCCN(C(C)=O)C(C(=O)O)c1c(C)nn(C)c1OC. The van der Waals surface area contributed by atoms with Crippen molar-refractivity contribution in [3.8, 4) is 5.88 Å². The van der Waals surface area contributed by atoms with Gasteiger partial charge in [-0.05, 0) is 13.3 Å². The van der Waals surface area contributed by atoms with E-state index in [1.807, 2.05) is 6.92 Å². The number of methoxy groups -OCH3 is 1. The zero-order valence-electron chi connectivity index (χ0n) is 12.5. The topological polar surface area (TPSA) is 84.7 Å². The van der Waals surface area contributed by atoms with Crippen LogP contribution in [-0.2, 0) is 16.6 Å². The molecule has 1 unspecified atom stereocenters. The molecule has 0 bridgehead atoms. The molecule has 0 radical (unpaired) electrons. The molecule has 1 aromatic rings. The van der Waals surface area contributed by atoms with Crippen LogP contribution in [0.5, 0.6) is 5.88 Å². The third-order valence-electron chi connectivity index (χ3n) is 3.10. The van der Waals surface area contributed by atoms with Crippen LogP contribution in [0.25, 0.3) is 0 Å². The highest BCUT2D eigenvalue weighted by Gasteiger charge is 2.35. The highest BCUT2D eigenvalue weighted by molar-refractivity contribution is 5.84. The Hall–Kier alpha value is -2.05. The lowest BCUT2D eigenvalue weighted by Gasteiger charge is -2.28. The van der Waals surface area contributed by atoms with Gasteiger partial charge in [0.2, 0.25) is 11.8 Å². The number of aromatic nitrogens is 2. The quantitative estimate of drug-likeness (QED) is 0.845. The molecular formula is C13H21N3O4. The number of rotatable bonds is 6. The number of carboxylic acids is 1. The molecule has 112 valence electrons. The van der Waals surface area contributed by atoms with Gasteiger partial charge in [-0.1, -0.05) is 6.92 Å². The zero-order valence-corrected chi connectivity index (χ0v) is 12.5. The fraction of sp³-hybridized carbons (Fsp3) is 0.615. The van der Waals surface area contributed by atoms with Gasteiger partial charge in [-0.3, -0.25) is 4.79 Å². The van der Waals surface area contributed by atoms with Crippen LogP contribution < -0.4 is 4.74 Å². The minimum atomic E-state index is -1.09. The van der Waals surface area contributed by atoms with Gasteiger partial charge in [-0.15, -0.1) is 0 Å². The van der Waals surface area contributed by atoms with Crippen molar-refractivity contribution in [3.05, 3.63) is 11.3 Å². The Kier molecular flexibility index (Phi) is 5.12. The Morgan fingerprint density at radius 1 is 1.50 bits per heavy atom. The van der Waals surface area contributed by atoms with Crippen molar-refractivity contribution in [1.82, 2.24) is 14.7 Å². The summed E-state index contributed by atoms with van der Waals surface area (Å²) in [6.45, 7) is 5.33. The number of aryl methyl sites for hydroxylation is 2. The summed E-state index contributed by atoms with van der Waals surface area (Å²) in [6.07, 6.45) is 0.672. The van der Waals surface area contributed by atoms with Crippen LogP contribution in [0.3, 0.4) is 0 Å². The average Bonchev–Trinajstić information content (AvgIpc) is 2.62. The van der Waals surface area contributed by atoms with Gasteiger partial charge in [0.1, 0.15) is 0 Å². The molecule has 0 aliphatic carbocycles. The summed E-state index contributed by atoms with van der Waals surface area (Å²) in [5, 5.41) is 13.7. The number of hydrogen-bond acceptors (Lipinski definition) is 4. The van der Waals surface area contributed by atoms with E-state index in [-0.39, 0.29) is 5.91 Å². The highest BCUT2D eigenvalue weighted by Crippen LogP contribution is 2.32. The van der Waals surface area contributed by atoms with Crippen molar-refractivity contribution in [2.45, 2.75) is 33.2 Å². The Morgan fingerprint density at radius 2 is 2.10 bits per heavy atom. The Bertz CT molecular complexity index is 510. The van der Waals surface area contributed by atoms with Crippen LogP contribution >= 0.6 is 0 Å². The van der Waals surface area contributed by atoms with Crippen molar-refractivity contribution in [3.63, 3.8) is 0 Å². The molecule has 1 rings (SSSR count). The Balaban J connectivity index is 3.40. The van der Waals surface area contributed by atoms with E-state index in [2.05, 4.69) is 5.10 Å². The first-order chi connectivity index (χ1) is 9.34. The molecule has 0 aliphatic rings. The van der Waals surface area contributed by atoms with Crippen molar-refractivity contribution in [2.24, 2.45) is 7.05 Å². The second kappa shape index (κ2) is 6.40. The van der Waals surface area contributed by atoms with E-state index in [0.29, 0.717) is 30.1 Å². The maximum Gasteiger partial charge on any atom is 0.331 e. The largest absolute Gasteiger partial charge is 0.481 e. The minimum Gasteiger partial charge on any atom is -0.481 e. The summed E-state index contributed by atoms with van der Waals surface area (Å²) >= 11 is 0. The molecule has 1 heterocycles. The third-order valence-corrected chi connectivity index (χ3v) is 3.10. The van der Waals surface area contributed by atoms with Crippen molar-refractivity contribution in [2.75, 3.05) is 13.7 Å². The molecule has 0 saturated carbocycles. The molecule has 1 N–H and O–H groups in total. The molecule has 0 spiro atoms. The lowest BCUT2D eigenvalue weighted by Crippen LogP contribution is -2.38. The van der Waals surface area contributed by atoms with Crippen molar-refractivity contribution < 1.29 is 19.4 Å². The molecule has 1 atom stereocenters. The van der Waals surface area contributed by atoms with Gasteiger partial charge in [0, 0.05) is 20.5 Å². The van der Waals surface area contributed by atoms with E-state index in [4.69, 9.17) is 4.74 Å². The molecule has 1 aromatic heterocycles. The summed E-state index contributed by atoms with van der Waals surface area (Å²) in [5.74, 6) is -1.02. The fourth-order valence-electron chi connectivity index (χ4n) is 2.33. The fourth-order valence-corrected chi connectivity index (χ4v) is 2.33. The van der Waals surface area contributed by atoms with Gasteiger partial charge < -0.3 is 14.7 Å². The zero-order chi connectivity index (χ0) is 15.4. The van der Waals surface area contributed by atoms with Crippen molar-refractivity contribution >= 4 is 11.9 Å². The molecule has 7 heteroatoms. The lowest BCUT2D eigenvalue weighted by atomic mass is 10.1. The Morgan fingerprint density at radius 3 is 2.50 bits per heavy atom. The second-order valence-electron chi connectivity index (χ2n) is 4.59. The van der Waals surface area contributed by atoms with Crippen LogP contribution in [-0.4, -0.2) is 45.3 Å². The number of carboxylic acid groups (broad SMARTS) is 1. The molecular weight excluding hydrogens is 262 g/mol. The third kappa shape index (κ3) is 2.92. The van der Waals surface area contributed by atoms with Gasteiger partial charge in [-0.2, -0.15) is 5.10 Å². The monoisotopic (exact) mass is 283 g/mol. The first-order valence-electron chi connectivity index (χ1n) is 6.42. The van der Waals surface area contributed by atoms with Crippen LogP contribution in [0.2, 0.25) is 0 Å². The second-order valence-corrected chi connectivity index (χ2v) is 4.59. The average molecular weight is 283 g/mol. The molecule has 7 nitrogen and oxygen atoms in total. The molecule has 0 fully saturated rings. The summed E-state index contributed by atoms with van der Waals surface area (Å²) < 4.78 is 6.71. The van der Waals surface area contributed by atoms with E-state index >= 15 is 0 Å². The predicted molar refractivity (Wildman–Crippen MR) is 72.6 cm³/mol. The molecule has 20 heavy (non-hydrogen) atoms. The number of nitrogens with zero attached hydrogens (tertiary/aromatic N) is 3. The van der Waals surface area contributed by atoms with Crippen LogP contribution in [0, 0.1) is 6.92 Å². The van der Waals surface area contributed by atoms with Gasteiger partial charge in [0.25, 0.3) is 0 Å². The molecule has 1 amide bonds. The number of hydrogen-bond donors (Lipinski definition) is 1. The van der Waals surface area contributed by atoms with E-state index in [1.165, 1.54) is 23.6 Å². The van der Waals surface area contributed by atoms with Gasteiger partial charge in [0.05, 0.1) is 18.4 Å². The highest BCUT2D eigenvalue weighted by atomic mass is 16.5. The van der Waals surface area contributed by atoms with Crippen molar-refractivity contribution in [1.29, 1.82) is 0 Å². The summed E-state index contributed by atoms with van der Waals surface area (Å²) in [4.78, 5) is 24.8. The van der Waals surface area contributed by atoms with E-state index in [9.17, 15) is 14.7 Å².